The lowest BCUT2D eigenvalue weighted by molar-refractivity contribution is 0.149. The maximum absolute atomic E-state index is 13.7. The molecule has 0 bridgehead atoms. The van der Waals surface area contributed by atoms with Crippen LogP contribution in [0.2, 0.25) is 0 Å². The first-order valence-corrected chi connectivity index (χ1v) is 9.56. The second-order valence-electron chi connectivity index (χ2n) is 7.61. The van der Waals surface area contributed by atoms with E-state index in [0.29, 0.717) is 43.0 Å². The van der Waals surface area contributed by atoms with Crippen molar-refractivity contribution in [1.29, 1.82) is 0 Å². The van der Waals surface area contributed by atoms with E-state index in [0.717, 1.165) is 6.42 Å². The van der Waals surface area contributed by atoms with Gasteiger partial charge in [0.2, 0.25) is 0 Å². The van der Waals surface area contributed by atoms with Crippen molar-refractivity contribution in [3.8, 4) is 5.75 Å². The fourth-order valence-corrected chi connectivity index (χ4v) is 3.50. The van der Waals surface area contributed by atoms with Crippen LogP contribution in [0.25, 0.3) is 0 Å². The molecule has 2 aliphatic rings. The summed E-state index contributed by atoms with van der Waals surface area (Å²) in [6.07, 6.45) is 8.72. The molecule has 2 aromatic rings. The van der Waals surface area contributed by atoms with Gasteiger partial charge in [-0.15, -0.1) is 0 Å². The van der Waals surface area contributed by atoms with Crippen molar-refractivity contribution in [1.82, 2.24) is 14.5 Å². The molecule has 4 rings (SSSR count). The predicted molar refractivity (Wildman–Crippen MR) is 100 cm³/mol. The molecule has 1 aliphatic heterocycles. The van der Waals surface area contributed by atoms with Crippen LogP contribution in [0, 0.1) is 17.7 Å². The summed E-state index contributed by atoms with van der Waals surface area (Å²) in [5, 5.41) is 2.84. The van der Waals surface area contributed by atoms with Crippen molar-refractivity contribution in [2.75, 3.05) is 25.0 Å². The van der Waals surface area contributed by atoms with Crippen LogP contribution in [-0.4, -0.2) is 40.2 Å². The van der Waals surface area contributed by atoms with E-state index < -0.39 is 5.82 Å². The zero-order valence-corrected chi connectivity index (χ0v) is 15.5. The molecule has 2 heterocycles. The van der Waals surface area contributed by atoms with E-state index in [1.165, 1.54) is 25.0 Å². The van der Waals surface area contributed by atoms with E-state index in [1.54, 1.807) is 23.5 Å². The molecular weight excluding hydrogens is 347 g/mol. The van der Waals surface area contributed by atoms with Crippen molar-refractivity contribution in [3.63, 3.8) is 0 Å². The van der Waals surface area contributed by atoms with Gasteiger partial charge in [-0.05, 0) is 43.2 Å². The van der Waals surface area contributed by atoms with Crippen molar-refractivity contribution < 1.29 is 13.9 Å². The van der Waals surface area contributed by atoms with Gasteiger partial charge in [0.1, 0.15) is 11.6 Å². The minimum absolute atomic E-state index is 0.185. The molecule has 2 fully saturated rings. The van der Waals surface area contributed by atoms with Gasteiger partial charge in [0.25, 0.3) is 0 Å². The Hall–Kier alpha value is -2.57. The van der Waals surface area contributed by atoms with Crippen LogP contribution < -0.4 is 10.1 Å². The number of piperidine rings is 1. The Labute approximate surface area is 158 Å². The van der Waals surface area contributed by atoms with Crippen LogP contribution in [0.3, 0.4) is 0 Å². The lowest BCUT2D eigenvalue weighted by Gasteiger charge is -2.37. The molecule has 1 N–H and O–H groups in total. The average Bonchev–Trinajstić information content (AvgIpc) is 3.33. The number of nitrogens with zero attached hydrogens (tertiary/aromatic N) is 3. The topological polar surface area (TPSA) is 59.4 Å². The third-order valence-electron chi connectivity index (χ3n) is 5.47. The Kier molecular flexibility index (Phi) is 5.01. The molecule has 1 aliphatic carbocycles. The molecular formula is C20H25FN4O2. The van der Waals surface area contributed by atoms with Crippen molar-refractivity contribution in [2.24, 2.45) is 11.8 Å². The molecule has 7 heteroatoms. The molecule has 6 nitrogen and oxygen atoms in total. The molecule has 27 heavy (non-hydrogen) atoms. The van der Waals surface area contributed by atoms with Gasteiger partial charge >= 0.3 is 6.03 Å². The summed E-state index contributed by atoms with van der Waals surface area (Å²) in [4.78, 5) is 18.7. The summed E-state index contributed by atoms with van der Waals surface area (Å²) >= 11 is 0. The van der Waals surface area contributed by atoms with E-state index in [4.69, 9.17) is 4.74 Å². The molecule has 2 unspecified atom stereocenters. The highest BCUT2D eigenvalue weighted by atomic mass is 19.1. The van der Waals surface area contributed by atoms with Gasteiger partial charge in [-0.2, -0.15) is 0 Å². The molecule has 0 spiro atoms. The number of rotatable bonds is 5. The number of amides is 2. The van der Waals surface area contributed by atoms with Crippen molar-refractivity contribution in [3.05, 3.63) is 42.7 Å². The summed E-state index contributed by atoms with van der Waals surface area (Å²) < 4.78 is 21.6. The molecule has 1 aromatic carbocycles. The van der Waals surface area contributed by atoms with E-state index in [-0.39, 0.29) is 12.1 Å². The SMILES string of the molecule is CC1CCN(C(=O)Nc2cc(F)ccc2OCC2CC2)CC1n1ccnc1. The van der Waals surface area contributed by atoms with Crippen LogP contribution in [0.15, 0.2) is 36.9 Å². The normalized spacial score (nSPS) is 22.5. The first-order chi connectivity index (χ1) is 13.1. The number of carbonyl (C=O) groups excluding carboxylic acids is 1. The Morgan fingerprint density at radius 1 is 1.37 bits per heavy atom. The molecule has 1 saturated carbocycles. The van der Waals surface area contributed by atoms with Crippen molar-refractivity contribution >= 4 is 11.7 Å². The average molecular weight is 372 g/mol. The fourth-order valence-electron chi connectivity index (χ4n) is 3.50. The number of ether oxygens (including phenoxy) is 1. The third kappa shape index (κ3) is 4.23. The Morgan fingerprint density at radius 2 is 2.22 bits per heavy atom. The fraction of sp³-hybridized carbons (Fsp3) is 0.500. The molecule has 1 saturated heterocycles. The minimum atomic E-state index is -0.396. The largest absolute Gasteiger partial charge is 0.491 e. The third-order valence-corrected chi connectivity index (χ3v) is 5.47. The number of nitrogens with one attached hydrogen (secondary N) is 1. The summed E-state index contributed by atoms with van der Waals surface area (Å²) in [5.74, 6) is 1.16. The van der Waals surface area contributed by atoms with Crippen molar-refractivity contribution in [2.45, 2.75) is 32.2 Å². The van der Waals surface area contributed by atoms with Crippen LogP contribution in [0.1, 0.15) is 32.2 Å². The number of hydrogen-bond acceptors (Lipinski definition) is 3. The number of imidazole rings is 1. The zero-order chi connectivity index (χ0) is 18.8. The van der Waals surface area contributed by atoms with Gasteiger partial charge < -0.3 is 19.5 Å². The molecule has 2 atom stereocenters. The van der Waals surface area contributed by atoms with E-state index in [9.17, 15) is 9.18 Å². The van der Waals surface area contributed by atoms with Gasteiger partial charge in [0.15, 0.2) is 0 Å². The lowest BCUT2D eigenvalue weighted by atomic mass is 9.93. The van der Waals surface area contributed by atoms with Gasteiger partial charge in [0.05, 0.1) is 24.7 Å². The smallest absolute Gasteiger partial charge is 0.322 e. The quantitative estimate of drug-likeness (QED) is 0.865. The lowest BCUT2D eigenvalue weighted by Crippen LogP contribution is -2.45. The Bertz CT molecular complexity index is 791. The minimum Gasteiger partial charge on any atom is -0.491 e. The second-order valence-corrected chi connectivity index (χ2v) is 7.61. The predicted octanol–water partition coefficient (Wildman–Crippen LogP) is 3.93. The number of halogens is 1. The monoisotopic (exact) mass is 372 g/mol. The number of aromatic nitrogens is 2. The molecule has 1 aromatic heterocycles. The van der Waals surface area contributed by atoms with Crippen LogP contribution >= 0.6 is 0 Å². The molecule has 144 valence electrons. The number of anilines is 1. The first-order valence-electron chi connectivity index (χ1n) is 9.56. The van der Waals surface area contributed by atoms with Crippen LogP contribution in [0.5, 0.6) is 5.75 Å². The van der Waals surface area contributed by atoms with Crippen LogP contribution in [0.4, 0.5) is 14.9 Å². The summed E-state index contributed by atoms with van der Waals surface area (Å²) in [5.41, 5.74) is 0.387. The Morgan fingerprint density at radius 3 is 2.96 bits per heavy atom. The molecule has 2 amide bonds. The standard InChI is InChI=1S/C20H25FN4O2/c1-14-6-8-24(11-18(14)25-9-7-22-13-25)20(26)23-17-10-16(21)4-5-19(17)27-12-15-2-3-15/h4-5,7,9-10,13-15,18H,2-3,6,8,11-12H2,1H3,(H,23,26). The highest BCUT2D eigenvalue weighted by molar-refractivity contribution is 5.91. The maximum Gasteiger partial charge on any atom is 0.322 e. The number of carbonyl (C=O) groups is 1. The summed E-state index contributed by atoms with van der Waals surface area (Å²) in [6, 6.07) is 4.22. The van der Waals surface area contributed by atoms with Gasteiger partial charge in [-0.3, -0.25) is 0 Å². The summed E-state index contributed by atoms with van der Waals surface area (Å²) in [7, 11) is 0. The van der Waals surface area contributed by atoms with Gasteiger partial charge in [0, 0.05) is 31.5 Å². The van der Waals surface area contributed by atoms with Gasteiger partial charge in [-0.1, -0.05) is 6.92 Å². The number of likely N-dealkylation sites (tertiary alicyclic amines) is 1. The van der Waals surface area contributed by atoms with Crippen LogP contribution in [-0.2, 0) is 0 Å². The molecule has 0 radical (unpaired) electrons. The number of benzene rings is 1. The number of hydrogen-bond donors (Lipinski definition) is 1. The van der Waals surface area contributed by atoms with E-state index in [1.807, 2.05) is 6.20 Å². The zero-order valence-electron chi connectivity index (χ0n) is 15.5. The highest BCUT2D eigenvalue weighted by Crippen LogP contribution is 2.33. The Balaban J connectivity index is 1.44. The summed E-state index contributed by atoms with van der Waals surface area (Å²) in [6.45, 7) is 4.07. The first kappa shape index (κ1) is 17.8. The maximum atomic E-state index is 13.7. The highest BCUT2D eigenvalue weighted by Gasteiger charge is 2.30. The second kappa shape index (κ2) is 7.58. The van der Waals surface area contributed by atoms with Gasteiger partial charge in [-0.25, -0.2) is 14.2 Å². The van der Waals surface area contributed by atoms with E-state index in [2.05, 4.69) is 21.8 Å². The number of urea groups is 1. The van der Waals surface area contributed by atoms with E-state index >= 15 is 0 Å².